The van der Waals surface area contributed by atoms with Crippen LogP contribution in [0, 0.1) is 6.92 Å². The first-order chi connectivity index (χ1) is 9.28. The fraction of sp³-hybridized carbons (Fsp3) is 0.312. The summed E-state index contributed by atoms with van der Waals surface area (Å²) in [6, 6.07) is 10.9. The summed E-state index contributed by atoms with van der Waals surface area (Å²) in [5.74, 6) is 0. The average Bonchev–Trinajstić information content (AvgIpc) is 2.84. The zero-order valence-electron chi connectivity index (χ0n) is 11.5. The molecule has 0 unspecified atom stereocenters. The van der Waals surface area contributed by atoms with E-state index in [1.54, 1.807) is 0 Å². The van der Waals surface area contributed by atoms with Gasteiger partial charge < -0.3 is 10.2 Å². The Morgan fingerprint density at radius 1 is 1.21 bits per heavy atom. The van der Waals surface area contributed by atoms with Gasteiger partial charge in [0.05, 0.1) is 0 Å². The number of aryl methyl sites for hydroxylation is 1. The summed E-state index contributed by atoms with van der Waals surface area (Å²) in [6.07, 6.45) is 1.99. The SMILES string of the molecule is CNCc1cnc(C)cc1N1Cc2ccccc2C1. The van der Waals surface area contributed by atoms with Crippen molar-refractivity contribution in [2.75, 3.05) is 11.9 Å². The van der Waals surface area contributed by atoms with Crippen molar-refractivity contribution in [3.05, 3.63) is 58.9 Å². The highest BCUT2D eigenvalue weighted by Gasteiger charge is 2.20. The van der Waals surface area contributed by atoms with Gasteiger partial charge in [-0.2, -0.15) is 0 Å². The first-order valence-electron chi connectivity index (χ1n) is 6.70. The number of rotatable bonds is 3. The van der Waals surface area contributed by atoms with Crippen LogP contribution in [-0.4, -0.2) is 12.0 Å². The van der Waals surface area contributed by atoms with E-state index in [2.05, 4.69) is 52.5 Å². The molecule has 0 amide bonds. The van der Waals surface area contributed by atoms with E-state index in [0.717, 1.165) is 25.3 Å². The third-order valence-corrected chi connectivity index (χ3v) is 3.65. The first kappa shape index (κ1) is 12.2. The zero-order chi connectivity index (χ0) is 13.2. The average molecular weight is 253 g/mol. The summed E-state index contributed by atoms with van der Waals surface area (Å²) in [4.78, 5) is 6.85. The molecule has 0 radical (unpaired) electrons. The summed E-state index contributed by atoms with van der Waals surface area (Å²) in [7, 11) is 1.97. The van der Waals surface area contributed by atoms with Crippen molar-refractivity contribution in [3.63, 3.8) is 0 Å². The maximum atomic E-state index is 4.41. The smallest absolute Gasteiger partial charge is 0.0451 e. The number of nitrogens with one attached hydrogen (secondary N) is 1. The third-order valence-electron chi connectivity index (χ3n) is 3.65. The van der Waals surface area contributed by atoms with Crippen LogP contribution in [0.5, 0.6) is 0 Å². The molecular formula is C16H19N3. The molecule has 3 nitrogen and oxygen atoms in total. The molecular weight excluding hydrogens is 234 g/mol. The van der Waals surface area contributed by atoms with E-state index in [4.69, 9.17) is 0 Å². The van der Waals surface area contributed by atoms with Crippen LogP contribution >= 0.6 is 0 Å². The van der Waals surface area contributed by atoms with Crippen LogP contribution in [0.15, 0.2) is 36.5 Å². The second-order valence-corrected chi connectivity index (χ2v) is 5.11. The summed E-state index contributed by atoms with van der Waals surface area (Å²) < 4.78 is 0. The number of hydrogen-bond donors (Lipinski definition) is 1. The van der Waals surface area contributed by atoms with E-state index >= 15 is 0 Å². The minimum Gasteiger partial charge on any atom is -0.362 e. The van der Waals surface area contributed by atoms with Gasteiger partial charge in [-0.25, -0.2) is 0 Å². The Morgan fingerprint density at radius 3 is 2.53 bits per heavy atom. The summed E-state index contributed by atoms with van der Waals surface area (Å²) in [5.41, 5.74) is 6.52. The molecule has 0 bridgehead atoms. The van der Waals surface area contributed by atoms with Gasteiger partial charge in [-0.15, -0.1) is 0 Å². The summed E-state index contributed by atoms with van der Waals surface area (Å²) >= 11 is 0. The number of aromatic nitrogens is 1. The number of anilines is 1. The van der Waals surface area contributed by atoms with Crippen LogP contribution in [0.1, 0.15) is 22.4 Å². The van der Waals surface area contributed by atoms with E-state index in [9.17, 15) is 0 Å². The van der Waals surface area contributed by atoms with Crippen LogP contribution in [0.3, 0.4) is 0 Å². The van der Waals surface area contributed by atoms with E-state index in [1.807, 2.05) is 13.2 Å². The lowest BCUT2D eigenvalue weighted by atomic mass is 10.1. The number of hydrogen-bond acceptors (Lipinski definition) is 3. The summed E-state index contributed by atoms with van der Waals surface area (Å²) in [5, 5.41) is 3.22. The molecule has 98 valence electrons. The predicted molar refractivity (Wildman–Crippen MR) is 78.1 cm³/mol. The Bertz CT molecular complexity index is 567. The maximum absolute atomic E-state index is 4.41. The molecule has 0 fully saturated rings. The van der Waals surface area contributed by atoms with Gasteiger partial charge in [0.15, 0.2) is 0 Å². The van der Waals surface area contributed by atoms with Crippen LogP contribution in [0.4, 0.5) is 5.69 Å². The Balaban J connectivity index is 1.94. The quantitative estimate of drug-likeness (QED) is 0.911. The van der Waals surface area contributed by atoms with E-state index in [0.29, 0.717) is 0 Å². The summed E-state index contributed by atoms with van der Waals surface area (Å²) in [6.45, 7) is 4.90. The van der Waals surface area contributed by atoms with Crippen LogP contribution in [0.25, 0.3) is 0 Å². The molecule has 0 atom stereocenters. The first-order valence-corrected chi connectivity index (χ1v) is 6.70. The monoisotopic (exact) mass is 253 g/mol. The molecule has 0 spiro atoms. The Morgan fingerprint density at radius 2 is 1.89 bits per heavy atom. The van der Waals surface area contributed by atoms with Gasteiger partial charge in [-0.05, 0) is 31.2 Å². The van der Waals surface area contributed by atoms with Gasteiger partial charge in [-0.1, -0.05) is 24.3 Å². The standard InChI is InChI=1S/C16H19N3/c1-12-7-16(15(8-17-2)9-18-12)19-10-13-5-3-4-6-14(13)11-19/h3-7,9,17H,8,10-11H2,1-2H3. The number of fused-ring (bicyclic) bond motifs is 1. The molecule has 19 heavy (non-hydrogen) atoms. The molecule has 3 rings (SSSR count). The minimum absolute atomic E-state index is 0.857. The van der Waals surface area contributed by atoms with E-state index in [1.165, 1.54) is 22.4 Å². The highest BCUT2D eigenvalue weighted by atomic mass is 15.1. The van der Waals surface area contributed by atoms with Crippen LogP contribution in [0.2, 0.25) is 0 Å². The minimum atomic E-state index is 0.857. The largest absolute Gasteiger partial charge is 0.362 e. The Kier molecular flexibility index (Phi) is 3.22. The molecule has 1 aliphatic rings. The second kappa shape index (κ2) is 5.02. The second-order valence-electron chi connectivity index (χ2n) is 5.11. The van der Waals surface area contributed by atoms with Gasteiger partial charge in [0.25, 0.3) is 0 Å². The fourth-order valence-corrected chi connectivity index (χ4v) is 2.70. The van der Waals surface area contributed by atoms with Crippen molar-refractivity contribution in [1.82, 2.24) is 10.3 Å². The molecule has 0 saturated heterocycles. The van der Waals surface area contributed by atoms with Gasteiger partial charge in [0, 0.05) is 42.8 Å². The number of benzene rings is 1. The lowest BCUT2D eigenvalue weighted by molar-refractivity contribution is 0.790. The zero-order valence-corrected chi connectivity index (χ0v) is 11.5. The van der Waals surface area contributed by atoms with Gasteiger partial charge >= 0.3 is 0 Å². The van der Waals surface area contributed by atoms with Crippen molar-refractivity contribution in [2.45, 2.75) is 26.6 Å². The third kappa shape index (κ3) is 2.34. The molecule has 2 heterocycles. The fourth-order valence-electron chi connectivity index (χ4n) is 2.70. The molecule has 2 aromatic rings. The molecule has 1 aromatic carbocycles. The van der Waals surface area contributed by atoms with Crippen molar-refractivity contribution in [1.29, 1.82) is 0 Å². The number of nitrogens with zero attached hydrogens (tertiary/aromatic N) is 2. The van der Waals surface area contributed by atoms with Crippen molar-refractivity contribution < 1.29 is 0 Å². The highest BCUT2D eigenvalue weighted by molar-refractivity contribution is 5.57. The molecule has 1 aliphatic heterocycles. The van der Waals surface area contributed by atoms with Crippen molar-refractivity contribution >= 4 is 5.69 Å². The highest BCUT2D eigenvalue weighted by Crippen LogP contribution is 2.30. The van der Waals surface area contributed by atoms with Crippen LogP contribution in [-0.2, 0) is 19.6 Å². The Hall–Kier alpha value is -1.87. The molecule has 3 heteroatoms. The van der Waals surface area contributed by atoms with Gasteiger partial charge in [0.2, 0.25) is 0 Å². The maximum Gasteiger partial charge on any atom is 0.0451 e. The molecule has 1 aromatic heterocycles. The lowest BCUT2D eigenvalue weighted by Crippen LogP contribution is -2.19. The van der Waals surface area contributed by atoms with E-state index in [-0.39, 0.29) is 0 Å². The topological polar surface area (TPSA) is 28.2 Å². The normalized spacial score (nSPS) is 13.7. The number of pyridine rings is 1. The van der Waals surface area contributed by atoms with Gasteiger partial charge in [0.1, 0.15) is 0 Å². The lowest BCUT2D eigenvalue weighted by Gasteiger charge is -2.21. The van der Waals surface area contributed by atoms with E-state index < -0.39 is 0 Å². The van der Waals surface area contributed by atoms with Crippen molar-refractivity contribution in [3.8, 4) is 0 Å². The molecule has 0 saturated carbocycles. The van der Waals surface area contributed by atoms with Gasteiger partial charge in [-0.3, -0.25) is 4.98 Å². The molecule has 0 aliphatic carbocycles. The predicted octanol–water partition coefficient (Wildman–Crippen LogP) is 2.63. The van der Waals surface area contributed by atoms with Crippen LogP contribution < -0.4 is 10.2 Å². The molecule has 1 N–H and O–H groups in total. The van der Waals surface area contributed by atoms with Crippen molar-refractivity contribution in [2.24, 2.45) is 0 Å². The Labute approximate surface area is 114 Å².